The number of aliphatic hydroxyl groups excluding tert-OH is 1. The summed E-state index contributed by atoms with van der Waals surface area (Å²) in [6.07, 6.45) is -0.626. The summed E-state index contributed by atoms with van der Waals surface area (Å²) in [7, 11) is 1.67. The van der Waals surface area contributed by atoms with Crippen LogP contribution in [0.1, 0.15) is 26.9 Å². The Hall–Kier alpha value is -2.90. The number of rotatable bonds is 6. The highest BCUT2D eigenvalue weighted by atomic mass is 32.1. The van der Waals surface area contributed by atoms with Crippen molar-refractivity contribution in [2.45, 2.75) is 12.6 Å². The van der Waals surface area contributed by atoms with Crippen LogP contribution < -0.4 is 16.4 Å². The maximum absolute atomic E-state index is 11.3. The van der Waals surface area contributed by atoms with Crippen molar-refractivity contribution in [2.24, 2.45) is 10.7 Å². The Morgan fingerprint density at radius 2 is 2.00 bits per heavy atom. The minimum atomic E-state index is -0.626. The third kappa shape index (κ3) is 4.84. The van der Waals surface area contributed by atoms with Gasteiger partial charge in [0.2, 0.25) is 5.91 Å². The Balaban J connectivity index is 1.55. The largest absolute Gasteiger partial charge is 0.386 e. The molecule has 0 aliphatic rings. The number of thiophene rings is 1. The minimum Gasteiger partial charge on any atom is -0.386 e. The van der Waals surface area contributed by atoms with Crippen molar-refractivity contribution in [1.29, 1.82) is 0 Å². The molecule has 2 aromatic carbocycles. The van der Waals surface area contributed by atoms with E-state index in [-0.39, 0.29) is 0 Å². The Morgan fingerprint density at radius 3 is 2.74 bits per heavy atom. The van der Waals surface area contributed by atoms with Gasteiger partial charge in [-0.25, -0.2) is 0 Å². The van der Waals surface area contributed by atoms with E-state index in [4.69, 9.17) is 5.73 Å². The number of nitrogens with zero attached hydrogens (tertiary/aromatic N) is 1. The van der Waals surface area contributed by atoms with Gasteiger partial charge in [-0.2, -0.15) is 0 Å². The summed E-state index contributed by atoms with van der Waals surface area (Å²) in [5, 5.41) is 17.9. The van der Waals surface area contributed by atoms with E-state index in [9.17, 15) is 9.90 Å². The molecule has 6 nitrogen and oxygen atoms in total. The van der Waals surface area contributed by atoms with E-state index < -0.39 is 12.0 Å². The van der Waals surface area contributed by atoms with Crippen LogP contribution in [0.25, 0.3) is 10.1 Å². The number of benzene rings is 2. The van der Waals surface area contributed by atoms with Gasteiger partial charge in [0.15, 0.2) is 5.96 Å². The number of aliphatic hydroxyl groups is 1. The molecule has 1 aromatic heterocycles. The number of carbonyl (C=O) groups is 1. The summed E-state index contributed by atoms with van der Waals surface area (Å²) in [5.74, 6) is 0.116. The quantitative estimate of drug-likeness (QED) is 0.388. The Kier molecular flexibility index (Phi) is 6.05. The van der Waals surface area contributed by atoms with Crippen LogP contribution in [0.3, 0.4) is 0 Å². The second-order valence-corrected chi connectivity index (χ2v) is 7.19. The number of guanidine groups is 1. The zero-order valence-corrected chi connectivity index (χ0v) is 15.8. The fourth-order valence-electron chi connectivity index (χ4n) is 2.70. The summed E-state index contributed by atoms with van der Waals surface area (Å²) in [6, 6.07) is 17.2. The molecule has 1 heterocycles. The lowest BCUT2D eigenvalue weighted by molar-refractivity contribution is 0.1000. The summed E-state index contributed by atoms with van der Waals surface area (Å²) in [4.78, 5) is 16.3. The second kappa shape index (κ2) is 8.66. The molecule has 5 N–H and O–H groups in total. The van der Waals surface area contributed by atoms with Gasteiger partial charge in [0.25, 0.3) is 0 Å². The average Bonchev–Trinajstić information content (AvgIpc) is 3.12. The zero-order chi connectivity index (χ0) is 19.2. The fourth-order valence-corrected chi connectivity index (χ4v) is 3.75. The molecule has 0 aliphatic heterocycles. The van der Waals surface area contributed by atoms with Gasteiger partial charge >= 0.3 is 0 Å². The molecular weight excluding hydrogens is 360 g/mol. The van der Waals surface area contributed by atoms with Crippen molar-refractivity contribution in [3.8, 4) is 0 Å². The number of hydrogen-bond donors (Lipinski definition) is 4. The Bertz CT molecular complexity index is 934. The molecule has 0 spiro atoms. The smallest absolute Gasteiger partial charge is 0.248 e. The van der Waals surface area contributed by atoms with Gasteiger partial charge in [0, 0.05) is 35.3 Å². The Labute approximate surface area is 161 Å². The molecule has 27 heavy (non-hydrogen) atoms. The van der Waals surface area contributed by atoms with Crippen molar-refractivity contribution in [1.82, 2.24) is 10.6 Å². The van der Waals surface area contributed by atoms with E-state index in [1.165, 1.54) is 0 Å². The summed E-state index contributed by atoms with van der Waals surface area (Å²) >= 11 is 1.59. The van der Waals surface area contributed by atoms with E-state index in [0.29, 0.717) is 24.6 Å². The molecule has 0 aliphatic carbocycles. The fraction of sp³-hybridized carbons (Fsp3) is 0.200. The number of carbonyl (C=O) groups excluding carboxylic acids is 1. The highest BCUT2D eigenvalue weighted by Gasteiger charge is 2.12. The first-order valence-electron chi connectivity index (χ1n) is 8.56. The molecule has 1 amide bonds. The van der Waals surface area contributed by atoms with Gasteiger partial charge in [-0.05, 0) is 35.2 Å². The first kappa shape index (κ1) is 18.9. The number of hydrogen-bond acceptors (Lipinski definition) is 4. The first-order chi connectivity index (χ1) is 13.1. The molecule has 7 heteroatoms. The number of primary amides is 1. The number of aliphatic imine (C=N–C) groups is 1. The van der Waals surface area contributed by atoms with Crippen LogP contribution in [0.15, 0.2) is 59.6 Å². The van der Waals surface area contributed by atoms with Crippen molar-refractivity contribution in [2.75, 3.05) is 13.6 Å². The van der Waals surface area contributed by atoms with Crippen molar-refractivity contribution in [3.63, 3.8) is 0 Å². The normalized spacial score (nSPS) is 12.7. The van der Waals surface area contributed by atoms with Crippen LogP contribution >= 0.6 is 11.3 Å². The predicted octanol–water partition coefficient (Wildman–Crippen LogP) is 2.40. The van der Waals surface area contributed by atoms with Crippen molar-refractivity contribution < 1.29 is 9.90 Å². The standard InChI is InChI=1S/C20H22N4O2S/c1-22-20(23-11-13-5-4-7-15(9-13)19(21)26)24-12-16(25)18-10-14-6-2-3-8-17(14)27-18/h2-10,16,25H,11-12H2,1H3,(H2,21,26)(H2,22,23,24). The topological polar surface area (TPSA) is 99.7 Å². The molecule has 3 aromatic rings. The summed E-state index contributed by atoms with van der Waals surface area (Å²) < 4.78 is 1.16. The Morgan fingerprint density at radius 1 is 1.19 bits per heavy atom. The van der Waals surface area contributed by atoms with E-state index in [1.807, 2.05) is 36.4 Å². The van der Waals surface area contributed by atoms with Crippen LogP contribution in [0.2, 0.25) is 0 Å². The van der Waals surface area contributed by atoms with Gasteiger partial charge < -0.3 is 21.5 Å². The molecular formula is C20H22N4O2S. The molecule has 0 fully saturated rings. The lowest BCUT2D eigenvalue weighted by Gasteiger charge is -2.15. The van der Waals surface area contributed by atoms with Crippen molar-refractivity contribution >= 4 is 33.3 Å². The molecule has 140 valence electrons. The highest BCUT2D eigenvalue weighted by molar-refractivity contribution is 7.19. The third-order valence-corrected chi connectivity index (χ3v) is 5.35. The number of nitrogens with two attached hydrogens (primary N) is 1. The van der Waals surface area contributed by atoms with Gasteiger partial charge in [0.1, 0.15) is 6.10 Å². The lowest BCUT2D eigenvalue weighted by Crippen LogP contribution is -2.38. The van der Waals surface area contributed by atoms with Crippen molar-refractivity contribution in [3.05, 3.63) is 70.6 Å². The van der Waals surface area contributed by atoms with Crippen LogP contribution in [-0.4, -0.2) is 30.6 Å². The summed E-state index contributed by atoms with van der Waals surface area (Å²) in [6.45, 7) is 0.827. The number of fused-ring (bicyclic) bond motifs is 1. The second-order valence-electron chi connectivity index (χ2n) is 6.07. The van der Waals surface area contributed by atoms with Gasteiger partial charge in [-0.15, -0.1) is 11.3 Å². The maximum Gasteiger partial charge on any atom is 0.248 e. The van der Waals surface area contributed by atoms with Crippen LogP contribution in [0.5, 0.6) is 0 Å². The molecule has 0 radical (unpaired) electrons. The lowest BCUT2D eigenvalue weighted by atomic mass is 10.1. The monoisotopic (exact) mass is 382 g/mol. The molecule has 0 bridgehead atoms. The predicted molar refractivity (Wildman–Crippen MR) is 110 cm³/mol. The van der Waals surface area contributed by atoms with E-state index in [1.54, 1.807) is 36.6 Å². The van der Waals surface area contributed by atoms with Crippen LogP contribution in [0.4, 0.5) is 0 Å². The van der Waals surface area contributed by atoms with E-state index in [2.05, 4.69) is 15.6 Å². The van der Waals surface area contributed by atoms with Crippen LogP contribution in [-0.2, 0) is 6.54 Å². The first-order valence-corrected chi connectivity index (χ1v) is 9.38. The highest BCUT2D eigenvalue weighted by Crippen LogP contribution is 2.29. The maximum atomic E-state index is 11.3. The van der Waals surface area contributed by atoms with Gasteiger partial charge in [0.05, 0.1) is 0 Å². The molecule has 1 atom stereocenters. The summed E-state index contributed by atoms with van der Waals surface area (Å²) in [5.41, 5.74) is 6.69. The van der Waals surface area contributed by atoms with Crippen LogP contribution in [0, 0.1) is 0 Å². The average molecular weight is 382 g/mol. The van der Waals surface area contributed by atoms with Gasteiger partial charge in [-0.1, -0.05) is 30.3 Å². The van der Waals surface area contributed by atoms with E-state index in [0.717, 1.165) is 20.5 Å². The molecule has 0 saturated carbocycles. The third-order valence-electron chi connectivity index (χ3n) is 4.13. The zero-order valence-electron chi connectivity index (χ0n) is 15.0. The minimum absolute atomic E-state index is 0.341. The number of nitrogens with one attached hydrogen (secondary N) is 2. The molecule has 1 unspecified atom stereocenters. The number of amides is 1. The van der Waals surface area contributed by atoms with E-state index >= 15 is 0 Å². The van der Waals surface area contributed by atoms with Gasteiger partial charge in [-0.3, -0.25) is 9.79 Å². The molecule has 3 rings (SSSR count). The SMILES string of the molecule is CN=C(NCc1cccc(C(N)=O)c1)NCC(O)c1cc2ccccc2s1. The molecule has 0 saturated heterocycles.